The molecule has 9 aromatic carbocycles. The van der Waals surface area contributed by atoms with E-state index >= 15 is 0 Å². The maximum absolute atomic E-state index is 8.98. The van der Waals surface area contributed by atoms with E-state index in [4.69, 9.17) is 21.2 Å². The van der Waals surface area contributed by atoms with Crippen LogP contribution < -0.4 is 0 Å². The number of aromatic nitrogens is 4. The SMILES string of the molecule is CC(C)c1cc(-c2ccccc2)cc(C(C)C)c1-n1c(-c2[c-]ccc3c2oc2ccccc23)nc2ccccc21.[2H]C([2H])([2H])c1c[c-]c(-c2nc3ccccc3n2-c2c(C([2H])(C)C)cccc2C([2H])(C)C)cc1-c1ccccc1.[Ir]. The molecule has 5 nitrogen and oxygen atoms in total. The van der Waals surface area contributed by atoms with Gasteiger partial charge in [0.05, 0.1) is 39.3 Å². The van der Waals surface area contributed by atoms with Gasteiger partial charge in [-0.25, -0.2) is 0 Å². The summed E-state index contributed by atoms with van der Waals surface area (Å²) in [6.07, 6.45) is 0. The van der Waals surface area contributed by atoms with Gasteiger partial charge in [-0.1, -0.05) is 200 Å². The second kappa shape index (κ2) is 21.3. The number of rotatable bonds is 10. The monoisotopic (exact) mass is 1160 g/mol. The Morgan fingerprint density at radius 1 is 0.507 bits per heavy atom. The van der Waals surface area contributed by atoms with E-state index in [1.807, 2.05) is 129 Å². The van der Waals surface area contributed by atoms with Gasteiger partial charge in [-0.3, -0.25) is 9.97 Å². The van der Waals surface area contributed by atoms with E-state index < -0.39 is 18.6 Å². The van der Waals surface area contributed by atoms with Crippen molar-refractivity contribution in [2.75, 3.05) is 0 Å². The Hall–Kier alpha value is -7.63. The van der Waals surface area contributed by atoms with Crippen LogP contribution in [-0.4, -0.2) is 19.1 Å². The molecular weight excluding hydrogens is 1090 g/mol. The molecule has 0 aliphatic heterocycles. The van der Waals surface area contributed by atoms with Gasteiger partial charge < -0.3 is 13.6 Å². The van der Waals surface area contributed by atoms with E-state index in [0.717, 1.165) is 77.8 Å². The number of benzene rings is 9. The zero-order chi connectivity index (χ0) is 55.5. The fourth-order valence-electron chi connectivity index (χ4n) is 10.4. The van der Waals surface area contributed by atoms with Crippen molar-refractivity contribution in [1.29, 1.82) is 0 Å². The minimum absolute atomic E-state index is 0. The van der Waals surface area contributed by atoms with Gasteiger partial charge in [0.2, 0.25) is 0 Å². The van der Waals surface area contributed by atoms with E-state index in [2.05, 4.69) is 129 Å². The van der Waals surface area contributed by atoms with Crippen molar-refractivity contribution in [1.82, 2.24) is 19.1 Å². The van der Waals surface area contributed by atoms with E-state index in [0.29, 0.717) is 28.8 Å². The summed E-state index contributed by atoms with van der Waals surface area (Å²) in [6.45, 7) is 14.2. The normalized spacial score (nSPS) is 13.1. The number of hydrogen-bond acceptors (Lipinski definition) is 3. The molecule has 6 heteroatoms. The Balaban J connectivity index is 0.000000178. The molecule has 0 amide bonds. The molecule has 0 bridgehead atoms. The first kappa shape index (κ1) is 44.8. The first-order chi connectivity index (χ1) is 37.8. The fraction of sp³-hybridized carbons (Fsp3) is 0.188. The van der Waals surface area contributed by atoms with Crippen molar-refractivity contribution in [3.05, 3.63) is 228 Å². The largest absolute Gasteiger partial charge is 0.501 e. The third kappa shape index (κ3) is 9.47. The molecule has 0 aliphatic carbocycles. The average Bonchev–Trinajstić information content (AvgIpc) is 4.25. The van der Waals surface area contributed by atoms with Gasteiger partial charge in [-0.15, -0.1) is 47.5 Å². The van der Waals surface area contributed by atoms with Crippen molar-refractivity contribution < 1.29 is 31.4 Å². The zero-order valence-electron chi connectivity index (χ0n) is 48.6. The third-order valence-corrected chi connectivity index (χ3v) is 14.0. The van der Waals surface area contributed by atoms with Crippen LogP contribution in [0.15, 0.2) is 192 Å². The average molecular weight is 1160 g/mol. The van der Waals surface area contributed by atoms with E-state index in [9.17, 15) is 0 Å². The van der Waals surface area contributed by atoms with Gasteiger partial charge in [0.25, 0.3) is 0 Å². The van der Waals surface area contributed by atoms with Crippen LogP contribution in [0.5, 0.6) is 0 Å². The van der Waals surface area contributed by atoms with Crippen molar-refractivity contribution in [3.63, 3.8) is 0 Å². The first-order valence-corrected chi connectivity index (χ1v) is 25.5. The summed E-state index contributed by atoms with van der Waals surface area (Å²) in [4.78, 5) is 10.2. The van der Waals surface area contributed by atoms with Gasteiger partial charge in [-0.2, -0.15) is 0 Å². The second-order valence-electron chi connectivity index (χ2n) is 20.1. The van der Waals surface area contributed by atoms with Crippen LogP contribution >= 0.6 is 0 Å². The Morgan fingerprint density at radius 3 is 1.64 bits per heavy atom. The molecule has 0 N–H and O–H groups in total. The predicted molar refractivity (Wildman–Crippen MR) is 310 cm³/mol. The second-order valence-corrected chi connectivity index (χ2v) is 20.1. The van der Waals surface area contributed by atoms with Gasteiger partial charge in [-0.05, 0) is 105 Å². The maximum Gasteiger partial charge on any atom is 0.120 e. The Labute approximate surface area is 462 Å². The number of fused-ring (bicyclic) bond motifs is 5. The minimum Gasteiger partial charge on any atom is -0.501 e. The van der Waals surface area contributed by atoms with Gasteiger partial charge in [0, 0.05) is 43.7 Å². The van der Waals surface area contributed by atoms with Gasteiger partial charge >= 0.3 is 0 Å². The maximum atomic E-state index is 8.98. The van der Waals surface area contributed by atoms with Crippen molar-refractivity contribution in [2.24, 2.45) is 0 Å². The zero-order valence-corrected chi connectivity index (χ0v) is 46.0. The summed E-state index contributed by atoms with van der Waals surface area (Å²) in [5, 5.41) is 2.18. The summed E-state index contributed by atoms with van der Waals surface area (Å²) >= 11 is 0. The van der Waals surface area contributed by atoms with Crippen LogP contribution in [0.25, 0.3) is 100 Å². The molecule has 375 valence electrons. The summed E-state index contributed by atoms with van der Waals surface area (Å²) in [5.41, 5.74) is 17.0. The molecule has 12 rings (SSSR count). The molecule has 0 fully saturated rings. The quantitative estimate of drug-likeness (QED) is 0.128. The number of furan rings is 1. The van der Waals surface area contributed by atoms with Gasteiger partial charge in [0.15, 0.2) is 0 Å². The van der Waals surface area contributed by atoms with Crippen molar-refractivity contribution in [2.45, 2.75) is 85.9 Å². The third-order valence-electron chi connectivity index (χ3n) is 14.0. The molecule has 0 saturated carbocycles. The first-order valence-electron chi connectivity index (χ1n) is 28.0. The van der Waals surface area contributed by atoms with E-state index in [-0.39, 0.29) is 25.7 Å². The summed E-state index contributed by atoms with van der Waals surface area (Å²) in [6, 6.07) is 69.3. The summed E-state index contributed by atoms with van der Waals surface area (Å²) in [5.74, 6) is 0.120. The summed E-state index contributed by atoms with van der Waals surface area (Å²) < 4.78 is 53.2. The van der Waals surface area contributed by atoms with E-state index in [1.54, 1.807) is 6.07 Å². The van der Waals surface area contributed by atoms with Crippen molar-refractivity contribution >= 4 is 44.0 Å². The standard InChI is InChI=1S/C37H31N2O.C32H31N2.Ir/c1-23(2)30-21-26(25-13-6-5-7-14-25)22-31(24(3)4)35(30)39-33-19-10-9-18-32(33)38-37(39)29-17-12-16-28-27-15-8-11-20-34(27)40-36(28)29;1-21(2)26-14-11-15-27(22(3)4)31(26)34-30-17-10-9-16-29(30)33-32(34)25-19-18-23(5)28(20-25)24-12-7-6-8-13-24;/h5-16,18-24H,1-4H3;6-18,20-22H,1-5H3;/q2*-1;/i;5D3,21D,22D;. The molecule has 0 unspecified atom stereocenters. The number of para-hydroxylation sites is 6. The number of hydrogen-bond donors (Lipinski definition) is 0. The molecule has 1 radical (unpaired) electrons. The van der Waals surface area contributed by atoms with Crippen LogP contribution in [0.4, 0.5) is 0 Å². The van der Waals surface area contributed by atoms with Crippen LogP contribution in [0, 0.1) is 19.0 Å². The molecule has 0 atom stereocenters. The summed E-state index contributed by atoms with van der Waals surface area (Å²) in [7, 11) is 0. The molecule has 75 heavy (non-hydrogen) atoms. The molecule has 0 spiro atoms. The molecule has 12 aromatic rings. The number of aryl methyl sites for hydroxylation is 1. The molecule has 3 heterocycles. The fourth-order valence-corrected chi connectivity index (χ4v) is 10.4. The van der Waals surface area contributed by atoms with Crippen LogP contribution in [0.2, 0.25) is 0 Å². The molecule has 0 saturated heterocycles. The van der Waals surface area contributed by atoms with Crippen LogP contribution in [0.1, 0.15) is 114 Å². The molecule has 0 aliphatic rings. The van der Waals surface area contributed by atoms with Crippen molar-refractivity contribution in [3.8, 4) is 56.4 Å². The smallest absolute Gasteiger partial charge is 0.120 e. The van der Waals surface area contributed by atoms with Crippen LogP contribution in [0.3, 0.4) is 0 Å². The molecule has 3 aromatic heterocycles. The Morgan fingerprint density at radius 2 is 1.04 bits per heavy atom. The predicted octanol–water partition coefficient (Wildman–Crippen LogP) is 19.0. The molecular formula is C69H62IrN4O-2. The van der Waals surface area contributed by atoms with E-state index in [1.165, 1.54) is 27.9 Å². The number of imidazole rings is 2. The minimum atomic E-state index is -2.31. The number of nitrogens with zero attached hydrogens (tertiary/aromatic N) is 4. The Kier molecular flexibility index (Phi) is 12.7. The Bertz CT molecular complexity index is 4160. The van der Waals surface area contributed by atoms with Gasteiger partial charge in [0.1, 0.15) is 5.58 Å². The topological polar surface area (TPSA) is 48.8 Å². The van der Waals surface area contributed by atoms with Crippen LogP contribution in [-0.2, 0) is 20.1 Å².